The predicted molar refractivity (Wildman–Crippen MR) is 159 cm³/mol. The van der Waals surface area contributed by atoms with Crippen LogP contribution in [-0.4, -0.2) is 45.3 Å². The molecule has 1 N–H and O–H groups in total. The number of fused-ring (bicyclic) bond motifs is 2. The number of sulfone groups is 1. The molecule has 8 nitrogen and oxygen atoms in total. The Hall–Kier alpha value is -2.37. The summed E-state index contributed by atoms with van der Waals surface area (Å²) in [7, 11) is -7.27. The molecule has 3 heterocycles. The molecule has 6 rings (SSSR count). The van der Waals surface area contributed by atoms with Crippen molar-refractivity contribution >= 4 is 66.3 Å². The molecular weight excluding hydrogens is 629 g/mol. The van der Waals surface area contributed by atoms with Gasteiger partial charge in [-0.25, -0.2) is 16.8 Å². The van der Waals surface area contributed by atoms with Gasteiger partial charge in [-0.15, -0.1) is 0 Å². The first-order chi connectivity index (χ1) is 19.4. The zero-order chi connectivity index (χ0) is 29.2. The van der Waals surface area contributed by atoms with Gasteiger partial charge in [0.2, 0.25) is 0 Å². The highest BCUT2D eigenvalue weighted by molar-refractivity contribution is 7.93. The maximum atomic E-state index is 14.2. The number of rotatable bonds is 6. The standard InChI is InChI=1S/C28H26Cl3N3O5S2/c29-19-4-6-21(7-5-19)41(38,39)34-25-8-3-18(27(35)33-16-24-23(31)14-20(30)15-32-24)13-22(25)28(26(34)17-1-2-17)9-11-40(36,37)12-10-28/h3-8,13-15,17,26H,1-2,9-12,16H2,(H,33,35). The number of nitrogens with zero attached hydrogens (tertiary/aromatic N) is 2. The minimum Gasteiger partial charge on any atom is -0.346 e. The number of hydrogen-bond donors (Lipinski definition) is 1. The van der Waals surface area contributed by atoms with Crippen molar-refractivity contribution in [2.75, 3.05) is 15.8 Å². The zero-order valence-corrected chi connectivity index (χ0v) is 25.6. The predicted octanol–water partition coefficient (Wildman–Crippen LogP) is 5.41. The quantitative estimate of drug-likeness (QED) is 0.381. The summed E-state index contributed by atoms with van der Waals surface area (Å²) in [4.78, 5) is 17.6. The summed E-state index contributed by atoms with van der Waals surface area (Å²) in [6.45, 7) is 0.0665. The average Bonchev–Trinajstić information content (AvgIpc) is 3.73. The SMILES string of the molecule is O=C(NCc1ncc(Cl)cc1Cl)c1ccc2c(c1)C1(CCS(=O)(=O)CC1)C(C1CC1)N2S(=O)(=O)c1ccc(Cl)cc1. The Bertz CT molecular complexity index is 1750. The molecule has 41 heavy (non-hydrogen) atoms. The largest absolute Gasteiger partial charge is 0.346 e. The summed E-state index contributed by atoms with van der Waals surface area (Å²) in [5, 5.41) is 3.95. The van der Waals surface area contributed by atoms with Gasteiger partial charge in [0.25, 0.3) is 15.9 Å². The number of carbonyl (C=O) groups excluding carboxylic acids is 1. The van der Waals surface area contributed by atoms with E-state index in [2.05, 4.69) is 10.3 Å². The monoisotopic (exact) mass is 653 g/mol. The summed E-state index contributed by atoms with van der Waals surface area (Å²) in [5.41, 5.74) is 1.22. The van der Waals surface area contributed by atoms with Crippen molar-refractivity contribution in [1.82, 2.24) is 10.3 Å². The number of sulfonamides is 1. The molecule has 13 heteroatoms. The Kier molecular flexibility index (Phi) is 7.30. The second-order valence-electron chi connectivity index (χ2n) is 10.8. The van der Waals surface area contributed by atoms with Crippen LogP contribution in [-0.2, 0) is 31.8 Å². The van der Waals surface area contributed by atoms with Gasteiger partial charge in [0.05, 0.1) is 50.4 Å². The normalized spacial score (nSPS) is 21.0. The van der Waals surface area contributed by atoms with Crippen molar-refractivity contribution in [1.29, 1.82) is 0 Å². The maximum absolute atomic E-state index is 14.2. The molecule has 1 saturated carbocycles. The molecule has 1 aliphatic carbocycles. The summed E-state index contributed by atoms with van der Waals surface area (Å²) in [5.74, 6) is -0.384. The highest BCUT2D eigenvalue weighted by Crippen LogP contribution is 2.59. The lowest BCUT2D eigenvalue weighted by Crippen LogP contribution is -2.52. The Morgan fingerprint density at radius 1 is 1.00 bits per heavy atom. The van der Waals surface area contributed by atoms with Gasteiger partial charge in [-0.1, -0.05) is 34.8 Å². The maximum Gasteiger partial charge on any atom is 0.264 e. The van der Waals surface area contributed by atoms with Crippen LogP contribution in [0.2, 0.25) is 15.1 Å². The third-order valence-corrected chi connectivity index (χ3v) is 12.6. The number of pyridine rings is 1. The van der Waals surface area contributed by atoms with Crippen LogP contribution in [0, 0.1) is 5.92 Å². The van der Waals surface area contributed by atoms with E-state index in [1.165, 1.54) is 34.8 Å². The molecular formula is C28H26Cl3N3O5S2. The first kappa shape index (κ1) is 28.7. The number of aromatic nitrogens is 1. The van der Waals surface area contributed by atoms with Crippen molar-refractivity contribution in [3.8, 4) is 0 Å². The van der Waals surface area contributed by atoms with Crippen LogP contribution in [0.1, 0.15) is 47.3 Å². The molecule has 2 aliphatic heterocycles. The van der Waals surface area contributed by atoms with Crippen LogP contribution >= 0.6 is 34.8 Å². The number of carbonyl (C=O) groups is 1. The molecule has 3 aromatic rings. The van der Waals surface area contributed by atoms with Crippen LogP contribution in [0.15, 0.2) is 59.6 Å². The van der Waals surface area contributed by atoms with Crippen molar-refractivity contribution in [3.63, 3.8) is 0 Å². The van der Waals surface area contributed by atoms with Crippen LogP contribution in [0.25, 0.3) is 0 Å². The molecule has 2 fully saturated rings. The van der Waals surface area contributed by atoms with E-state index in [0.29, 0.717) is 37.6 Å². The third kappa shape index (κ3) is 5.22. The Labute approximate surface area is 254 Å². The van der Waals surface area contributed by atoms with E-state index in [9.17, 15) is 21.6 Å². The van der Waals surface area contributed by atoms with Crippen molar-refractivity contribution in [3.05, 3.63) is 86.6 Å². The van der Waals surface area contributed by atoms with Gasteiger partial charge in [0.15, 0.2) is 0 Å². The minimum absolute atomic E-state index is 0.0400. The highest BCUT2D eigenvalue weighted by atomic mass is 35.5. The third-order valence-electron chi connectivity index (χ3n) is 8.31. The average molecular weight is 655 g/mol. The van der Waals surface area contributed by atoms with E-state index in [1.54, 1.807) is 24.3 Å². The number of halogens is 3. The smallest absolute Gasteiger partial charge is 0.264 e. The van der Waals surface area contributed by atoms with Crippen LogP contribution in [0.5, 0.6) is 0 Å². The summed E-state index contributed by atoms with van der Waals surface area (Å²) < 4.78 is 54.9. The van der Waals surface area contributed by atoms with E-state index in [-0.39, 0.29) is 47.6 Å². The topological polar surface area (TPSA) is 114 Å². The summed E-state index contributed by atoms with van der Waals surface area (Å²) in [6.07, 6.45) is 3.71. The molecule has 1 saturated heterocycles. The van der Waals surface area contributed by atoms with Gasteiger partial charge in [-0.3, -0.25) is 14.1 Å². The highest BCUT2D eigenvalue weighted by Gasteiger charge is 2.60. The minimum atomic E-state index is -4.02. The fourth-order valence-corrected chi connectivity index (χ4v) is 10.1. The molecule has 1 unspecified atom stereocenters. The molecule has 3 aliphatic rings. The summed E-state index contributed by atoms with van der Waals surface area (Å²) >= 11 is 18.2. The van der Waals surface area contributed by atoms with Gasteiger partial charge < -0.3 is 5.32 Å². The van der Waals surface area contributed by atoms with Gasteiger partial charge >= 0.3 is 0 Å². The number of amides is 1. The molecule has 0 bridgehead atoms. The van der Waals surface area contributed by atoms with E-state index in [4.69, 9.17) is 34.8 Å². The van der Waals surface area contributed by atoms with E-state index in [0.717, 1.165) is 12.8 Å². The zero-order valence-electron chi connectivity index (χ0n) is 21.7. The second-order valence-corrected chi connectivity index (χ2v) is 16.2. The lowest BCUT2D eigenvalue weighted by Gasteiger charge is -2.41. The van der Waals surface area contributed by atoms with E-state index < -0.39 is 31.3 Å². The van der Waals surface area contributed by atoms with Crippen LogP contribution in [0.4, 0.5) is 5.69 Å². The van der Waals surface area contributed by atoms with E-state index >= 15 is 0 Å². The Morgan fingerprint density at radius 2 is 1.68 bits per heavy atom. The molecule has 0 radical (unpaired) electrons. The molecule has 1 amide bonds. The van der Waals surface area contributed by atoms with Crippen molar-refractivity contribution in [2.24, 2.45) is 5.92 Å². The first-order valence-electron chi connectivity index (χ1n) is 13.1. The van der Waals surface area contributed by atoms with Gasteiger partial charge in [-0.2, -0.15) is 0 Å². The second kappa shape index (κ2) is 10.4. The molecule has 1 spiro atoms. The molecule has 216 valence electrons. The van der Waals surface area contributed by atoms with Crippen LogP contribution in [0.3, 0.4) is 0 Å². The molecule has 2 aromatic carbocycles. The first-order valence-corrected chi connectivity index (χ1v) is 17.5. The Morgan fingerprint density at radius 3 is 2.32 bits per heavy atom. The number of benzene rings is 2. The number of hydrogen-bond acceptors (Lipinski definition) is 6. The fourth-order valence-electron chi connectivity index (χ4n) is 6.16. The van der Waals surface area contributed by atoms with Gasteiger partial charge in [-0.05, 0) is 85.7 Å². The van der Waals surface area contributed by atoms with Crippen molar-refractivity contribution < 1.29 is 21.6 Å². The van der Waals surface area contributed by atoms with Gasteiger partial charge in [0, 0.05) is 22.2 Å². The molecule has 1 atom stereocenters. The molecule has 1 aromatic heterocycles. The fraction of sp³-hybridized carbons (Fsp3) is 0.357. The lowest BCUT2D eigenvalue weighted by molar-refractivity contribution is 0.0950. The van der Waals surface area contributed by atoms with Crippen molar-refractivity contribution in [2.45, 2.75) is 48.6 Å². The van der Waals surface area contributed by atoms with E-state index in [1.807, 2.05) is 0 Å². The summed E-state index contributed by atoms with van der Waals surface area (Å²) in [6, 6.07) is 12.1. The van der Waals surface area contributed by atoms with Crippen LogP contribution < -0.4 is 9.62 Å². The van der Waals surface area contributed by atoms with Gasteiger partial charge in [0.1, 0.15) is 9.84 Å². The Balaban J connectivity index is 1.42. The number of anilines is 1. The lowest BCUT2D eigenvalue weighted by atomic mass is 9.70. The number of nitrogens with one attached hydrogen (secondary N) is 1.